The van der Waals surface area contributed by atoms with Crippen molar-refractivity contribution < 1.29 is 14.0 Å². The van der Waals surface area contributed by atoms with Gasteiger partial charge in [-0.25, -0.2) is 4.39 Å². The molecular formula is C18H19FN2O2. The molecule has 2 aromatic rings. The standard InChI is InChI=1S/C18H19FN2O2/c1-2-8-14(13-9-4-3-5-10-13)17(22)20-21-18(23)15-11-6-7-12-16(15)19/h3-7,9-12,14H,2,8H2,1H3,(H,20,22)(H,21,23). The number of carbonyl (C=O) groups is 2. The molecule has 2 rings (SSSR count). The lowest BCUT2D eigenvalue weighted by atomic mass is 9.94. The minimum absolute atomic E-state index is 0.112. The van der Waals surface area contributed by atoms with E-state index in [0.29, 0.717) is 6.42 Å². The quantitative estimate of drug-likeness (QED) is 0.833. The minimum Gasteiger partial charge on any atom is -0.273 e. The first kappa shape index (κ1) is 16.7. The molecule has 0 aliphatic rings. The average molecular weight is 314 g/mol. The summed E-state index contributed by atoms with van der Waals surface area (Å²) in [5.41, 5.74) is 5.43. The summed E-state index contributed by atoms with van der Waals surface area (Å²) in [5.74, 6) is -1.99. The average Bonchev–Trinajstić information content (AvgIpc) is 2.58. The molecule has 120 valence electrons. The van der Waals surface area contributed by atoms with E-state index in [0.717, 1.165) is 12.0 Å². The van der Waals surface area contributed by atoms with E-state index in [-0.39, 0.29) is 17.4 Å². The summed E-state index contributed by atoms with van der Waals surface area (Å²) >= 11 is 0. The fourth-order valence-electron chi connectivity index (χ4n) is 2.34. The highest BCUT2D eigenvalue weighted by Gasteiger charge is 2.20. The van der Waals surface area contributed by atoms with Crippen molar-refractivity contribution in [3.8, 4) is 0 Å². The zero-order valence-corrected chi connectivity index (χ0v) is 12.9. The summed E-state index contributed by atoms with van der Waals surface area (Å²) in [6.45, 7) is 1.99. The molecule has 0 fully saturated rings. The van der Waals surface area contributed by atoms with E-state index in [9.17, 15) is 14.0 Å². The van der Waals surface area contributed by atoms with Crippen molar-refractivity contribution in [3.63, 3.8) is 0 Å². The zero-order valence-electron chi connectivity index (χ0n) is 12.9. The van der Waals surface area contributed by atoms with Crippen LogP contribution >= 0.6 is 0 Å². The van der Waals surface area contributed by atoms with Crippen LogP contribution in [0.5, 0.6) is 0 Å². The fraction of sp³-hybridized carbons (Fsp3) is 0.222. The van der Waals surface area contributed by atoms with Crippen LogP contribution in [0.4, 0.5) is 4.39 Å². The molecule has 5 heteroatoms. The predicted molar refractivity (Wildman–Crippen MR) is 86.1 cm³/mol. The Morgan fingerprint density at radius 2 is 1.65 bits per heavy atom. The highest BCUT2D eigenvalue weighted by atomic mass is 19.1. The van der Waals surface area contributed by atoms with Gasteiger partial charge in [0.1, 0.15) is 5.82 Å². The monoisotopic (exact) mass is 314 g/mol. The number of carbonyl (C=O) groups excluding carboxylic acids is 2. The van der Waals surface area contributed by atoms with Crippen molar-refractivity contribution in [2.45, 2.75) is 25.7 Å². The van der Waals surface area contributed by atoms with Gasteiger partial charge in [-0.1, -0.05) is 55.8 Å². The Morgan fingerprint density at radius 3 is 2.30 bits per heavy atom. The smallest absolute Gasteiger partial charge is 0.272 e. The Morgan fingerprint density at radius 1 is 1.00 bits per heavy atom. The molecule has 0 aliphatic heterocycles. The van der Waals surface area contributed by atoms with Crippen LogP contribution in [0, 0.1) is 5.82 Å². The number of nitrogens with one attached hydrogen (secondary N) is 2. The van der Waals surface area contributed by atoms with E-state index in [1.807, 2.05) is 37.3 Å². The summed E-state index contributed by atoms with van der Waals surface area (Å²) in [6, 6.07) is 15.0. The van der Waals surface area contributed by atoms with Gasteiger partial charge in [0.25, 0.3) is 5.91 Å². The SMILES string of the molecule is CCCC(C(=O)NNC(=O)c1ccccc1F)c1ccccc1. The third kappa shape index (κ3) is 4.39. The van der Waals surface area contributed by atoms with Gasteiger partial charge in [0.15, 0.2) is 0 Å². The first-order valence-corrected chi connectivity index (χ1v) is 7.53. The van der Waals surface area contributed by atoms with E-state index in [4.69, 9.17) is 0 Å². The van der Waals surface area contributed by atoms with Gasteiger partial charge in [0, 0.05) is 0 Å². The van der Waals surface area contributed by atoms with Crippen LogP contribution in [-0.4, -0.2) is 11.8 Å². The van der Waals surface area contributed by atoms with Crippen molar-refractivity contribution in [1.82, 2.24) is 10.9 Å². The highest BCUT2D eigenvalue weighted by Crippen LogP contribution is 2.21. The molecule has 0 heterocycles. The molecule has 0 saturated carbocycles. The topological polar surface area (TPSA) is 58.2 Å². The van der Waals surface area contributed by atoms with Gasteiger partial charge in [-0.05, 0) is 24.1 Å². The van der Waals surface area contributed by atoms with Crippen LogP contribution in [0.2, 0.25) is 0 Å². The van der Waals surface area contributed by atoms with Gasteiger partial charge in [0.05, 0.1) is 11.5 Å². The Hall–Kier alpha value is -2.69. The number of hydrogen-bond donors (Lipinski definition) is 2. The van der Waals surface area contributed by atoms with Crippen molar-refractivity contribution in [3.05, 3.63) is 71.5 Å². The van der Waals surface area contributed by atoms with Crippen molar-refractivity contribution in [2.75, 3.05) is 0 Å². The Balaban J connectivity index is 2.02. The van der Waals surface area contributed by atoms with E-state index >= 15 is 0 Å². The molecule has 0 radical (unpaired) electrons. The summed E-state index contributed by atoms with van der Waals surface area (Å²) in [6.07, 6.45) is 1.49. The lowest BCUT2D eigenvalue weighted by Gasteiger charge is -2.17. The number of hydrazine groups is 1. The Bertz CT molecular complexity index is 674. The van der Waals surface area contributed by atoms with Gasteiger partial charge in [-0.2, -0.15) is 0 Å². The van der Waals surface area contributed by atoms with Crippen LogP contribution in [0.25, 0.3) is 0 Å². The molecule has 2 amide bonds. The molecule has 2 N–H and O–H groups in total. The van der Waals surface area contributed by atoms with E-state index in [2.05, 4.69) is 10.9 Å². The summed E-state index contributed by atoms with van der Waals surface area (Å²) < 4.78 is 13.5. The summed E-state index contributed by atoms with van der Waals surface area (Å²) in [4.78, 5) is 24.3. The predicted octanol–water partition coefficient (Wildman–Crippen LogP) is 3.17. The number of hydrogen-bond acceptors (Lipinski definition) is 2. The molecule has 2 aromatic carbocycles. The van der Waals surface area contributed by atoms with E-state index in [1.165, 1.54) is 18.2 Å². The number of rotatable bonds is 5. The molecule has 0 aromatic heterocycles. The highest BCUT2D eigenvalue weighted by molar-refractivity contribution is 5.96. The third-order valence-corrected chi connectivity index (χ3v) is 3.51. The van der Waals surface area contributed by atoms with Gasteiger partial charge in [-0.3, -0.25) is 20.4 Å². The number of amides is 2. The lowest BCUT2D eigenvalue weighted by molar-refractivity contribution is -0.123. The van der Waals surface area contributed by atoms with E-state index in [1.54, 1.807) is 6.07 Å². The Labute approximate surface area is 134 Å². The molecular weight excluding hydrogens is 295 g/mol. The molecule has 1 unspecified atom stereocenters. The second kappa shape index (κ2) is 8.08. The van der Waals surface area contributed by atoms with Crippen LogP contribution in [0.15, 0.2) is 54.6 Å². The fourth-order valence-corrected chi connectivity index (χ4v) is 2.34. The molecule has 0 saturated heterocycles. The maximum Gasteiger partial charge on any atom is 0.272 e. The molecule has 0 spiro atoms. The van der Waals surface area contributed by atoms with Crippen LogP contribution in [-0.2, 0) is 4.79 Å². The van der Waals surface area contributed by atoms with Gasteiger partial charge in [0.2, 0.25) is 5.91 Å². The second-order valence-corrected chi connectivity index (χ2v) is 5.18. The van der Waals surface area contributed by atoms with Crippen LogP contribution < -0.4 is 10.9 Å². The first-order chi connectivity index (χ1) is 11.1. The lowest BCUT2D eigenvalue weighted by Crippen LogP contribution is -2.44. The normalized spacial score (nSPS) is 11.6. The molecule has 23 heavy (non-hydrogen) atoms. The van der Waals surface area contributed by atoms with Crippen molar-refractivity contribution >= 4 is 11.8 Å². The van der Waals surface area contributed by atoms with Crippen molar-refractivity contribution in [2.24, 2.45) is 0 Å². The van der Waals surface area contributed by atoms with Crippen LogP contribution in [0.3, 0.4) is 0 Å². The van der Waals surface area contributed by atoms with Gasteiger partial charge in [-0.15, -0.1) is 0 Å². The zero-order chi connectivity index (χ0) is 16.7. The summed E-state index contributed by atoms with van der Waals surface area (Å²) in [5, 5.41) is 0. The van der Waals surface area contributed by atoms with Gasteiger partial charge < -0.3 is 0 Å². The maximum atomic E-state index is 13.5. The van der Waals surface area contributed by atoms with Crippen LogP contribution in [0.1, 0.15) is 41.6 Å². The Kier molecular flexibility index (Phi) is 5.86. The van der Waals surface area contributed by atoms with Crippen molar-refractivity contribution in [1.29, 1.82) is 0 Å². The number of halogens is 1. The molecule has 0 aliphatic carbocycles. The minimum atomic E-state index is -0.681. The summed E-state index contributed by atoms with van der Waals surface area (Å²) in [7, 11) is 0. The second-order valence-electron chi connectivity index (χ2n) is 5.18. The van der Waals surface area contributed by atoms with Gasteiger partial charge >= 0.3 is 0 Å². The first-order valence-electron chi connectivity index (χ1n) is 7.53. The molecule has 4 nitrogen and oxygen atoms in total. The molecule has 0 bridgehead atoms. The largest absolute Gasteiger partial charge is 0.273 e. The third-order valence-electron chi connectivity index (χ3n) is 3.51. The number of benzene rings is 2. The molecule has 1 atom stereocenters. The van der Waals surface area contributed by atoms with E-state index < -0.39 is 11.7 Å². The maximum absolute atomic E-state index is 13.5.